The van der Waals surface area contributed by atoms with Gasteiger partial charge in [0.2, 0.25) is 10.0 Å². The lowest BCUT2D eigenvalue weighted by Gasteiger charge is -2.16. The van der Waals surface area contributed by atoms with Crippen LogP contribution in [0.2, 0.25) is 0 Å². The highest BCUT2D eigenvalue weighted by molar-refractivity contribution is 7.89. The molecule has 0 saturated heterocycles. The number of hydrogen-bond donors (Lipinski definition) is 1. The molecule has 0 aromatic rings. The molecular weight excluding hydrogens is 178 g/mol. The summed E-state index contributed by atoms with van der Waals surface area (Å²) in [7, 11) is -1.67. The van der Waals surface area contributed by atoms with Crippen molar-refractivity contribution in [1.82, 2.24) is 4.31 Å². The first-order chi connectivity index (χ1) is 5.40. The first kappa shape index (κ1) is 11.9. The van der Waals surface area contributed by atoms with Gasteiger partial charge in [-0.2, -0.15) is 0 Å². The van der Waals surface area contributed by atoms with E-state index in [1.807, 2.05) is 13.8 Å². The van der Waals surface area contributed by atoms with Crippen LogP contribution in [0.15, 0.2) is 0 Å². The number of aliphatic hydroxyl groups is 1. The van der Waals surface area contributed by atoms with Gasteiger partial charge < -0.3 is 5.11 Å². The summed E-state index contributed by atoms with van der Waals surface area (Å²) in [4.78, 5) is 0. The molecule has 0 fully saturated rings. The minimum Gasteiger partial charge on any atom is -0.395 e. The van der Waals surface area contributed by atoms with Gasteiger partial charge in [-0.1, -0.05) is 13.8 Å². The van der Waals surface area contributed by atoms with E-state index < -0.39 is 10.0 Å². The second-order valence-electron chi connectivity index (χ2n) is 3.22. The third-order valence-corrected chi connectivity index (χ3v) is 3.65. The van der Waals surface area contributed by atoms with Crippen LogP contribution in [0, 0.1) is 5.92 Å². The molecule has 1 N–H and O–H groups in total. The molecular formula is C7H17NO3S. The highest BCUT2D eigenvalue weighted by Gasteiger charge is 2.18. The van der Waals surface area contributed by atoms with Gasteiger partial charge in [0.1, 0.15) is 0 Å². The topological polar surface area (TPSA) is 57.6 Å². The smallest absolute Gasteiger partial charge is 0.214 e. The largest absolute Gasteiger partial charge is 0.395 e. The fourth-order valence-corrected chi connectivity index (χ4v) is 2.29. The summed E-state index contributed by atoms with van der Waals surface area (Å²) in [5, 5.41) is 8.53. The monoisotopic (exact) mass is 195 g/mol. The van der Waals surface area contributed by atoms with Crippen LogP contribution in [-0.4, -0.2) is 43.8 Å². The van der Waals surface area contributed by atoms with Gasteiger partial charge in [-0.3, -0.25) is 0 Å². The molecule has 0 bridgehead atoms. The Morgan fingerprint density at radius 1 is 1.42 bits per heavy atom. The van der Waals surface area contributed by atoms with Gasteiger partial charge in [-0.25, -0.2) is 12.7 Å². The van der Waals surface area contributed by atoms with E-state index in [1.54, 1.807) is 0 Å². The lowest BCUT2D eigenvalue weighted by molar-refractivity contribution is 0.266. The maximum Gasteiger partial charge on any atom is 0.214 e. The molecule has 0 aliphatic carbocycles. The quantitative estimate of drug-likeness (QED) is 0.666. The minimum atomic E-state index is -3.15. The molecule has 0 aromatic carbocycles. The normalized spacial score (nSPS) is 12.8. The van der Waals surface area contributed by atoms with E-state index in [2.05, 4.69) is 0 Å². The molecule has 5 heteroatoms. The average Bonchev–Trinajstić information content (AvgIpc) is 1.85. The van der Waals surface area contributed by atoms with Gasteiger partial charge in [0.15, 0.2) is 0 Å². The lowest BCUT2D eigenvalue weighted by Crippen LogP contribution is -2.33. The van der Waals surface area contributed by atoms with Crippen molar-refractivity contribution in [1.29, 1.82) is 0 Å². The van der Waals surface area contributed by atoms with Gasteiger partial charge in [0.05, 0.1) is 12.4 Å². The number of hydrogen-bond acceptors (Lipinski definition) is 3. The lowest BCUT2D eigenvalue weighted by atomic mass is 10.3. The van der Waals surface area contributed by atoms with Crippen molar-refractivity contribution in [2.75, 3.05) is 26.0 Å². The van der Waals surface area contributed by atoms with E-state index in [0.717, 1.165) is 0 Å². The van der Waals surface area contributed by atoms with E-state index in [-0.39, 0.29) is 24.8 Å². The SMILES string of the molecule is CC(C)CS(=O)(=O)N(C)CCO. The average molecular weight is 195 g/mol. The molecule has 0 aromatic heterocycles. The second kappa shape index (κ2) is 4.79. The number of likely N-dealkylation sites (N-methyl/N-ethyl adjacent to an activating group) is 1. The molecule has 0 aliphatic rings. The summed E-state index contributed by atoms with van der Waals surface area (Å²) < 4.78 is 23.9. The molecule has 0 heterocycles. The summed E-state index contributed by atoms with van der Waals surface area (Å²) in [5.74, 6) is 0.264. The fraction of sp³-hybridized carbons (Fsp3) is 1.00. The van der Waals surface area contributed by atoms with E-state index in [1.165, 1.54) is 11.4 Å². The standard InChI is InChI=1S/C7H17NO3S/c1-7(2)6-12(10,11)8(3)4-5-9/h7,9H,4-6H2,1-3H3. The van der Waals surface area contributed by atoms with Crippen molar-refractivity contribution < 1.29 is 13.5 Å². The van der Waals surface area contributed by atoms with Crippen LogP contribution >= 0.6 is 0 Å². The minimum absolute atomic E-state index is 0.121. The maximum atomic E-state index is 11.3. The Labute approximate surface area is 74.2 Å². The molecule has 0 saturated carbocycles. The summed E-state index contributed by atoms with van der Waals surface area (Å²) in [6.45, 7) is 3.75. The predicted molar refractivity (Wildman–Crippen MR) is 48.3 cm³/mol. The van der Waals surface area contributed by atoms with Crippen LogP contribution in [0.3, 0.4) is 0 Å². The first-order valence-electron chi connectivity index (χ1n) is 3.95. The Balaban J connectivity index is 4.20. The summed E-state index contributed by atoms with van der Waals surface area (Å²) in [5.41, 5.74) is 0. The Morgan fingerprint density at radius 2 is 1.92 bits per heavy atom. The van der Waals surface area contributed by atoms with E-state index >= 15 is 0 Å². The Bertz CT molecular complexity index is 211. The number of sulfonamides is 1. The number of aliphatic hydroxyl groups excluding tert-OH is 1. The van der Waals surface area contributed by atoms with Crippen LogP contribution in [-0.2, 0) is 10.0 Å². The van der Waals surface area contributed by atoms with Gasteiger partial charge >= 0.3 is 0 Å². The van der Waals surface area contributed by atoms with Crippen molar-refractivity contribution >= 4 is 10.0 Å². The summed E-state index contributed by atoms with van der Waals surface area (Å²) in [6.07, 6.45) is 0. The van der Waals surface area contributed by atoms with Gasteiger partial charge in [0.25, 0.3) is 0 Å². The van der Waals surface area contributed by atoms with Crippen molar-refractivity contribution in [3.63, 3.8) is 0 Å². The molecule has 0 atom stereocenters. The van der Waals surface area contributed by atoms with Crippen molar-refractivity contribution in [3.05, 3.63) is 0 Å². The number of nitrogens with zero attached hydrogens (tertiary/aromatic N) is 1. The van der Waals surface area contributed by atoms with E-state index in [4.69, 9.17) is 5.11 Å². The van der Waals surface area contributed by atoms with Crippen molar-refractivity contribution in [2.45, 2.75) is 13.8 Å². The van der Waals surface area contributed by atoms with Crippen molar-refractivity contribution in [3.8, 4) is 0 Å². The second-order valence-corrected chi connectivity index (χ2v) is 5.34. The molecule has 4 nitrogen and oxygen atoms in total. The third-order valence-electron chi connectivity index (χ3n) is 1.43. The van der Waals surface area contributed by atoms with Gasteiger partial charge in [-0.05, 0) is 5.92 Å². The summed E-state index contributed by atoms with van der Waals surface area (Å²) in [6, 6.07) is 0. The highest BCUT2D eigenvalue weighted by Crippen LogP contribution is 2.03. The Hall–Kier alpha value is -0.130. The molecule has 0 unspecified atom stereocenters. The third kappa shape index (κ3) is 4.04. The molecule has 0 rings (SSSR count). The predicted octanol–water partition coefficient (Wildman–Crippen LogP) is -0.104. The van der Waals surface area contributed by atoms with Crippen LogP contribution in [0.4, 0.5) is 0 Å². The van der Waals surface area contributed by atoms with Crippen LogP contribution < -0.4 is 0 Å². The molecule has 0 amide bonds. The number of rotatable bonds is 5. The zero-order valence-corrected chi connectivity index (χ0v) is 8.63. The van der Waals surface area contributed by atoms with E-state index in [9.17, 15) is 8.42 Å². The van der Waals surface area contributed by atoms with Gasteiger partial charge in [-0.15, -0.1) is 0 Å². The molecule has 0 radical (unpaired) electrons. The Kier molecular flexibility index (Phi) is 4.74. The zero-order chi connectivity index (χ0) is 9.78. The van der Waals surface area contributed by atoms with E-state index in [0.29, 0.717) is 0 Å². The van der Waals surface area contributed by atoms with Gasteiger partial charge in [0, 0.05) is 13.6 Å². The Morgan fingerprint density at radius 3 is 2.25 bits per heavy atom. The van der Waals surface area contributed by atoms with Crippen LogP contribution in [0.25, 0.3) is 0 Å². The van der Waals surface area contributed by atoms with Crippen LogP contribution in [0.1, 0.15) is 13.8 Å². The molecule has 12 heavy (non-hydrogen) atoms. The highest BCUT2D eigenvalue weighted by atomic mass is 32.2. The summed E-state index contributed by atoms with van der Waals surface area (Å²) >= 11 is 0. The first-order valence-corrected chi connectivity index (χ1v) is 5.56. The molecule has 0 aliphatic heterocycles. The van der Waals surface area contributed by atoms with Crippen LogP contribution in [0.5, 0.6) is 0 Å². The fourth-order valence-electron chi connectivity index (χ4n) is 0.828. The molecule has 74 valence electrons. The molecule has 0 spiro atoms. The van der Waals surface area contributed by atoms with Crippen molar-refractivity contribution in [2.24, 2.45) is 5.92 Å². The zero-order valence-electron chi connectivity index (χ0n) is 7.82. The maximum absolute atomic E-state index is 11.3.